The Morgan fingerprint density at radius 1 is 0.643 bits per heavy atom. The van der Waals surface area contributed by atoms with Crippen molar-refractivity contribution < 1.29 is 0 Å². The lowest BCUT2D eigenvalue weighted by Gasteiger charge is -2.08. The molecule has 0 spiro atoms. The lowest BCUT2D eigenvalue weighted by Crippen LogP contribution is -2.17. The Morgan fingerprint density at radius 3 is 1.07 bits per heavy atom. The lowest BCUT2D eigenvalue weighted by molar-refractivity contribution is 1.50. The van der Waals surface area contributed by atoms with E-state index in [2.05, 4.69) is 9.69 Å². The second kappa shape index (κ2) is 10.8. The van der Waals surface area contributed by atoms with Gasteiger partial charge in [-0.1, -0.05) is 76.2 Å². The monoisotopic (exact) mass is 364 g/mol. The number of fused-ring (bicyclic) bond motifs is 2. The molecule has 3 aromatic rings. The summed E-state index contributed by atoms with van der Waals surface area (Å²) < 4.78 is 0. The summed E-state index contributed by atoms with van der Waals surface area (Å²) in [5, 5.41) is 22.6. The third kappa shape index (κ3) is 3.83. The molecule has 0 aliphatic heterocycles. The van der Waals surface area contributed by atoms with E-state index in [1.807, 2.05) is 88.4 Å². The topological polar surface area (TPSA) is 56.3 Å². The number of hydrogen-bond acceptors (Lipinski definition) is 2. The van der Waals surface area contributed by atoms with Gasteiger partial charge in [0.05, 0.1) is 25.3 Å². The van der Waals surface area contributed by atoms with Gasteiger partial charge in [-0.05, 0) is 21.5 Å². The molecule has 0 radical (unpaired) electrons. The predicted molar refractivity (Wildman–Crippen MR) is 115 cm³/mol. The highest BCUT2D eigenvalue weighted by molar-refractivity contribution is 6.04. The molecule has 0 unspecified atom stereocenters. The maximum atomic E-state index is 9.36. The molecule has 0 aromatic heterocycles. The summed E-state index contributed by atoms with van der Waals surface area (Å²) in [5.74, 6) is 0. The van der Waals surface area contributed by atoms with Crippen LogP contribution < -0.4 is 10.4 Å². The van der Waals surface area contributed by atoms with Gasteiger partial charge in [0.15, 0.2) is 0 Å². The van der Waals surface area contributed by atoms with Crippen LogP contribution >= 0.6 is 0 Å². The van der Waals surface area contributed by atoms with E-state index in [0.717, 1.165) is 0 Å². The van der Waals surface area contributed by atoms with E-state index < -0.39 is 0 Å². The summed E-state index contributed by atoms with van der Waals surface area (Å²) in [4.78, 5) is 6.73. The van der Waals surface area contributed by atoms with Crippen LogP contribution in [-0.4, -0.2) is 0 Å². The minimum Gasteiger partial charge on any atom is -0.226 e. The normalized spacial score (nSPS) is 8.57. The van der Waals surface area contributed by atoms with Crippen molar-refractivity contribution in [3.63, 3.8) is 0 Å². The van der Waals surface area contributed by atoms with Crippen LogP contribution in [0.25, 0.3) is 42.6 Å². The molecule has 0 aliphatic carbocycles. The maximum absolute atomic E-state index is 9.36. The first-order valence-corrected chi connectivity index (χ1v) is 9.00. The smallest absolute Gasteiger partial charge is 0.226 e. The van der Waals surface area contributed by atoms with Gasteiger partial charge < -0.3 is 0 Å². The molecule has 0 bridgehead atoms. The molecule has 0 aliphatic rings. The summed E-state index contributed by atoms with van der Waals surface area (Å²) in [7, 11) is 0. The summed E-state index contributed by atoms with van der Waals surface area (Å²) in [5.41, 5.74) is -0.00876. The Balaban J connectivity index is 0.000000921. The van der Waals surface area contributed by atoms with Crippen LogP contribution in [0.1, 0.15) is 27.7 Å². The van der Waals surface area contributed by atoms with Crippen molar-refractivity contribution >= 4 is 32.9 Å². The van der Waals surface area contributed by atoms with Gasteiger partial charge in [-0.2, -0.15) is 0 Å². The van der Waals surface area contributed by atoms with Gasteiger partial charge in [-0.25, -0.2) is 20.2 Å². The second-order valence-electron chi connectivity index (χ2n) is 4.99. The van der Waals surface area contributed by atoms with Crippen molar-refractivity contribution in [1.29, 1.82) is 10.5 Å². The highest BCUT2D eigenvalue weighted by Gasteiger charge is 2.11. The largest absolute Gasteiger partial charge is 0.270 e. The Kier molecular flexibility index (Phi) is 8.44. The van der Waals surface area contributed by atoms with Gasteiger partial charge in [0.2, 0.25) is 0 Å². The van der Waals surface area contributed by atoms with Crippen molar-refractivity contribution in [1.82, 2.24) is 0 Å². The van der Waals surface area contributed by atoms with Crippen LogP contribution in [0.5, 0.6) is 0 Å². The summed E-state index contributed by atoms with van der Waals surface area (Å²) in [6, 6.07) is 18.4. The van der Waals surface area contributed by atoms with E-state index in [1.54, 1.807) is 0 Å². The predicted octanol–water partition coefficient (Wildman–Crippen LogP) is 5.15. The molecule has 4 nitrogen and oxygen atoms in total. The van der Waals surface area contributed by atoms with Crippen LogP contribution in [0.2, 0.25) is 0 Å². The zero-order valence-corrected chi connectivity index (χ0v) is 16.4. The van der Waals surface area contributed by atoms with Gasteiger partial charge in [0.25, 0.3) is 11.4 Å². The Labute approximate surface area is 165 Å². The van der Waals surface area contributed by atoms with Crippen molar-refractivity contribution in [2.75, 3.05) is 0 Å². The summed E-state index contributed by atoms with van der Waals surface area (Å²) in [6.07, 6.45) is 0. The Morgan fingerprint density at radius 2 is 0.893 bits per heavy atom. The quantitative estimate of drug-likeness (QED) is 0.409. The highest BCUT2D eigenvalue weighted by Crippen LogP contribution is 2.16. The molecule has 0 fully saturated rings. The van der Waals surface area contributed by atoms with E-state index in [1.165, 1.54) is 0 Å². The van der Waals surface area contributed by atoms with E-state index in [4.69, 9.17) is 13.1 Å². The molecule has 3 aromatic carbocycles. The zero-order valence-electron chi connectivity index (χ0n) is 16.4. The molecular weight excluding hydrogens is 344 g/mol. The van der Waals surface area contributed by atoms with Crippen molar-refractivity contribution in [3.05, 3.63) is 81.8 Å². The molecule has 136 valence electrons. The van der Waals surface area contributed by atoms with Gasteiger partial charge in [-0.15, -0.1) is 0 Å². The molecule has 0 amide bonds. The molecule has 0 heterocycles. The first kappa shape index (κ1) is 21.9. The Hall–Kier alpha value is -4.12. The van der Waals surface area contributed by atoms with Crippen molar-refractivity contribution in [2.24, 2.45) is 0 Å². The van der Waals surface area contributed by atoms with E-state index in [-0.39, 0.29) is 11.4 Å². The minimum atomic E-state index is -0.00438. The molecule has 3 rings (SSSR count). The van der Waals surface area contributed by atoms with Crippen LogP contribution in [0.3, 0.4) is 0 Å². The van der Waals surface area contributed by atoms with E-state index >= 15 is 0 Å². The van der Waals surface area contributed by atoms with Crippen LogP contribution in [0, 0.1) is 35.8 Å². The Bertz CT molecular complexity index is 1090. The molecular formula is C24H20N4. The molecule has 0 atom stereocenters. The average Bonchev–Trinajstić information content (AvgIpc) is 2.79. The van der Waals surface area contributed by atoms with Crippen LogP contribution in [-0.2, 0) is 0 Å². The third-order valence-electron chi connectivity index (χ3n) is 3.84. The summed E-state index contributed by atoms with van der Waals surface area (Å²) >= 11 is 0. The first-order chi connectivity index (χ1) is 13.8. The molecule has 4 heteroatoms. The van der Waals surface area contributed by atoms with Crippen molar-refractivity contribution in [3.8, 4) is 12.1 Å². The molecule has 0 N–H and O–H groups in total. The number of rotatable bonds is 0. The zero-order chi connectivity index (χ0) is 21.1. The SMILES string of the molecule is CC.CC.[C-]#[N+]C(C#N)=c1c2ccccc2c(=C(C#N)[N+]#[C-])c2ccccc12. The minimum absolute atomic E-state index is 0.00438. The van der Waals surface area contributed by atoms with Crippen LogP contribution in [0.4, 0.5) is 0 Å². The van der Waals surface area contributed by atoms with E-state index in [9.17, 15) is 10.5 Å². The van der Waals surface area contributed by atoms with E-state index in [0.29, 0.717) is 32.0 Å². The molecule has 28 heavy (non-hydrogen) atoms. The number of hydrogen-bond donors (Lipinski definition) is 0. The standard InChI is InChI=1S/C20H8N4.2C2H6/c1-23-17(11-21)19-13-7-3-5-9-15(13)20(18(12-22)24-2)16-10-6-4-8-14(16)19;2*1-2/h3-10H;2*1-2H3. The first-order valence-electron chi connectivity index (χ1n) is 9.00. The average molecular weight is 364 g/mol. The van der Waals surface area contributed by atoms with Crippen molar-refractivity contribution in [2.45, 2.75) is 27.7 Å². The second-order valence-corrected chi connectivity index (χ2v) is 4.99. The number of benzene rings is 3. The summed E-state index contributed by atoms with van der Waals surface area (Å²) in [6.45, 7) is 22.6. The number of nitrogens with zero attached hydrogens (tertiary/aromatic N) is 4. The van der Waals surface area contributed by atoms with Gasteiger partial charge in [-0.3, -0.25) is 0 Å². The van der Waals surface area contributed by atoms with Crippen LogP contribution in [0.15, 0.2) is 48.5 Å². The molecule has 0 saturated heterocycles. The third-order valence-corrected chi connectivity index (χ3v) is 3.84. The maximum Gasteiger partial charge on any atom is 0.270 e. The molecule has 0 saturated carbocycles. The van der Waals surface area contributed by atoms with Gasteiger partial charge in [0, 0.05) is 10.4 Å². The lowest BCUT2D eigenvalue weighted by atomic mass is 9.96. The fraction of sp³-hybridized carbons (Fsp3) is 0.167. The fourth-order valence-corrected chi connectivity index (χ4v) is 2.91. The number of nitriles is 2. The van der Waals surface area contributed by atoms with Gasteiger partial charge in [0.1, 0.15) is 0 Å². The fourth-order valence-electron chi connectivity index (χ4n) is 2.91. The van der Waals surface area contributed by atoms with Gasteiger partial charge >= 0.3 is 0 Å². The highest BCUT2D eigenvalue weighted by atomic mass is 14.7.